The van der Waals surface area contributed by atoms with Crippen LogP contribution < -0.4 is 10.0 Å². The summed E-state index contributed by atoms with van der Waals surface area (Å²) in [6, 6.07) is 12.8. The molecule has 7 heteroatoms. The Hall–Kier alpha value is -2.25. The second kappa shape index (κ2) is 8.40. The minimum Gasteiger partial charge on any atom is -0.355 e. The van der Waals surface area contributed by atoms with E-state index in [1.807, 2.05) is 30.3 Å². The summed E-state index contributed by atoms with van der Waals surface area (Å²) < 4.78 is 26.2. The minimum absolute atomic E-state index is 0.0774. The van der Waals surface area contributed by atoms with E-state index >= 15 is 0 Å². The highest BCUT2D eigenvalue weighted by Gasteiger charge is 2.11. The monoisotopic (exact) mass is 333 g/mol. The molecule has 0 aliphatic heterocycles. The largest absolute Gasteiger partial charge is 0.355 e. The molecule has 23 heavy (non-hydrogen) atoms. The Labute approximate surface area is 136 Å². The average molecular weight is 333 g/mol. The molecule has 0 unspecified atom stereocenters. The van der Waals surface area contributed by atoms with Crippen LogP contribution in [-0.2, 0) is 27.8 Å². The van der Waals surface area contributed by atoms with E-state index < -0.39 is 10.0 Å². The zero-order valence-corrected chi connectivity index (χ0v) is 13.4. The Morgan fingerprint density at radius 3 is 2.48 bits per heavy atom. The predicted octanol–water partition coefficient (Wildman–Crippen LogP) is 0.860. The van der Waals surface area contributed by atoms with Gasteiger partial charge in [-0.1, -0.05) is 36.4 Å². The fraction of sp³-hybridized carbons (Fsp3) is 0.250. The molecule has 0 spiro atoms. The highest BCUT2D eigenvalue weighted by atomic mass is 32.2. The van der Waals surface area contributed by atoms with E-state index in [1.165, 1.54) is 0 Å². The maximum atomic E-state index is 11.9. The van der Waals surface area contributed by atoms with Crippen LogP contribution in [-0.4, -0.2) is 31.6 Å². The van der Waals surface area contributed by atoms with Crippen LogP contribution in [0.2, 0.25) is 0 Å². The van der Waals surface area contributed by atoms with Gasteiger partial charge in [-0.05, 0) is 17.2 Å². The molecule has 1 aromatic heterocycles. The van der Waals surface area contributed by atoms with Gasteiger partial charge in [0.05, 0.1) is 12.2 Å². The quantitative estimate of drug-likeness (QED) is 0.750. The summed E-state index contributed by atoms with van der Waals surface area (Å²) in [6.45, 7) is 0.266. The Bertz CT molecular complexity index is 719. The maximum Gasteiger partial charge on any atom is 0.224 e. The number of hydrogen-bond acceptors (Lipinski definition) is 4. The van der Waals surface area contributed by atoms with Crippen LogP contribution in [0.4, 0.5) is 0 Å². The molecule has 0 saturated heterocycles. The minimum atomic E-state index is -3.44. The SMILES string of the molecule is O=C(Cc1ccccc1)NCCS(=O)(=O)NCc1cccnc1. The lowest BCUT2D eigenvalue weighted by atomic mass is 10.1. The molecule has 2 aromatic rings. The van der Waals surface area contributed by atoms with Crippen molar-refractivity contribution in [2.45, 2.75) is 13.0 Å². The van der Waals surface area contributed by atoms with Crippen molar-refractivity contribution < 1.29 is 13.2 Å². The molecule has 1 amide bonds. The van der Waals surface area contributed by atoms with Gasteiger partial charge in [0.25, 0.3) is 0 Å². The molecule has 6 nitrogen and oxygen atoms in total. The number of nitrogens with zero attached hydrogens (tertiary/aromatic N) is 1. The van der Waals surface area contributed by atoms with Gasteiger partial charge >= 0.3 is 0 Å². The number of carbonyl (C=O) groups excluding carboxylic acids is 1. The lowest BCUT2D eigenvalue weighted by Crippen LogP contribution is -2.34. The number of rotatable bonds is 8. The van der Waals surface area contributed by atoms with E-state index in [2.05, 4.69) is 15.0 Å². The topological polar surface area (TPSA) is 88.2 Å². The highest BCUT2D eigenvalue weighted by molar-refractivity contribution is 7.89. The summed E-state index contributed by atoms with van der Waals surface area (Å²) in [6.07, 6.45) is 3.47. The van der Waals surface area contributed by atoms with Gasteiger partial charge in [0.15, 0.2) is 0 Å². The number of benzene rings is 1. The summed E-state index contributed by atoms with van der Waals surface area (Å²) in [5, 5.41) is 2.61. The second-order valence-electron chi connectivity index (χ2n) is 5.01. The standard InChI is InChI=1S/C16H19N3O3S/c20-16(11-14-5-2-1-3-6-14)18-9-10-23(21,22)19-13-15-7-4-8-17-12-15/h1-8,12,19H,9-11,13H2,(H,18,20). The van der Waals surface area contributed by atoms with Crippen LogP contribution >= 0.6 is 0 Å². The molecule has 0 fully saturated rings. The molecule has 0 saturated carbocycles. The molecule has 1 heterocycles. The van der Waals surface area contributed by atoms with E-state index in [4.69, 9.17) is 0 Å². The Kier molecular flexibility index (Phi) is 6.25. The molecule has 0 bridgehead atoms. The summed E-state index contributed by atoms with van der Waals surface area (Å²) in [4.78, 5) is 15.7. The first-order valence-electron chi connectivity index (χ1n) is 7.22. The van der Waals surface area contributed by atoms with Crippen LogP contribution in [0, 0.1) is 0 Å². The third kappa shape index (κ3) is 6.58. The van der Waals surface area contributed by atoms with E-state index in [0.717, 1.165) is 11.1 Å². The number of amides is 1. The van der Waals surface area contributed by atoms with E-state index in [9.17, 15) is 13.2 Å². The predicted molar refractivity (Wildman–Crippen MR) is 88.0 cm³/mol. The molecule has 0 aliphatic rings. The molecule has 2 rings (SSSR count). The second-order valence-corrected chi connectivity index (χ2v) is 6.94. The number of aromatic nitrogens is 1. The molecular weight excluding hydrogens is 314 g/mol. The lowest BCUT2D eigenvalue weighted by molar-refractivity contribution is -0.120. The number of nitrogens with one attached hydrogen (secondary N) is 2. The van der Waals surface area contributed by atoms with Crippen molar-refractivity contribution in [3.8, 4) is 0 Å². The van der Waals surface area contributed by atoms with E-state index in [1.54, 1.807) is 24.5 Å². The highest BCUT2D eigenvalue weighted by Crippen LogP contribution is 1.99. The van der Waals surface area contributed by atoms with Gasteiger partial charge in [-0.3, -0.25) is 9.78 Å². The Morgan fingerprint density at radius 1 is 1.04 bits per heavy atom. The first-order chi connectivity index (χ1) is 11.1. The van der Waals surface area contributed by atoms with Crippen LogP contribution in [0.25, 0.3) is 0 Å². The fourth-order valence-corrected chi connectivity index (χ4v) is 2.84. The summed E-state index contributed by atoms with van der Waals surface area (Å²) in [5.41, 5.74) is 1.67. The number of carbonyl (C=O) groups is 1. The van der Waals surface area contributed by atoms with Gasteiger partial charge < -0.3 is 5.32 Å². The average Bonchev–Trinajstić information content (AvgIpc) is 2.55. The maximum absolute atomic E-state index is 11.9. The number of hydrogen-bond donors (Lipinski definition) is 2. The summed E-state index contributed by atoms with van der Waals surface area (Å²) in [7, 11) is -3.44. The third-order valence-electron chi connectivity index (χ3n) is 3.12. The normalized spacial score (nSPS) is 11.1. The van der Waals surface area contributed by atoms with Crippen molar-refractivity contribution in [2.24, 2.45) is 0 Å². The number of sulfonamides is 1. The van der Waals surface area contributed by atoms with Gasteiger partial charge in [0.2, 0.25) is 15.9 Å². The zero-order chi connectivity index (χ0) is 16.5. The number of pyridine rings is 1. The van der Waals surface area contributed by atoms with Crippen LogP contribution in [0.3, 0.4) is 0 Å². The van der Waals surface area contributed by atoms with Gasteiger partial charge in [-0.15, -0.1) is 0 Å². The third-order valence-corrected chi connectivity index (χ3v) is 4.45. The lowest BCUT2D eigenvalue weighted by Gasteiger charge is -2.08. The van der Waals surface area contributed by atoms with Gasteiger partial charge in [-0.25, -0.2) is 13.1 Å². The Morgan fingerprint density at radius 2 is 1.78 bits per heavy atom. The zero-order valence-electron chi connectivity index (χ0n) is 12.6. The molecule has 1 aromatic carbocycles. The fourth-order valence-electron chi connectivity index (χ4n) is 1.94. The molecule has 0 aliphatic carbocycles. The smallest absolute Gasteiger partial charge is 0.224 e. The first kappa shape index (κ1) is 17.1. The molecule has 2 N–H and O–H groups in total. The first-order valence-corrected chi connectivity index (χ1v) is 8.87. The van der Waals surface area contributed by atoms with Crippen molar-refractivity contribution in [3.05, 3.63) is 66.0 Å². The van der Waals surface area contributed by atoms with Gasteiger partial charge in [0.1, 0.15) is 0 Å². The van der Waals surface area contributed by atoms with Crippen molar-refractivity contribution in [3.63, 3.8) is 0 Å². The van der Waals surface area contributed by atoms with E-state index in [0.29, 0.717) is 0 Å². The molecule has 0 radical (unpaired) electrons. The Balaban J connectivity index is 1.71. The van der Waals surface area contributed by atoms with E-state index in [-0.39, 0.29) is 31.2 Å². The van der Waals surface area contributed by atoms with Crippen molar-refractivity contribution in [1.29, 1.82) is 0 Å². The van der Waals surface area contributed by atoms with Crippen LogP contribution in [0.15, 0.2) is 54.9 Å². The molecular formula is C16H19N3O3S. The summed E-state index contributed by atoms with van der Waals surface area (Å²) >= 11 is 0. The van der Waals surface area contributed by atoms with Crippen molar-refractivity contribution >= 4 is 15.9 Å². The van der Waals surface area contributed by atoms with Crippen molar-refractivity contribution in [2.75, 3.05) is 12.3 Å². The van der Waals surface area contributed by atoms with Gasteiger partial charge in [0, 0.05) is 25.5 Å². The summed E-state index contributed by atoms with van der Waals surface area (Å²) in [5.74, 6) is -0.355. The van der Waals surface area contributed by atoms with Crippen LogP contribution in [0.5, 0.6) is 0 Å². The molecule has 122 valence electrons. The van der Waals surface area contributed by atoms with Crippen molar-refractivity contribution in [1.82, 2.24) is 15.0 Å². The van der Waals surface area contributed by atoms with Crippen LogP contribution in [0.1, 0.15) is 11.1 Å². The van der Waals surface area contributed by atoms with Gasteiger partial charge in [-0.2, -0.15) is 0 Å². The molecule has 0 atom stereocenters.